The number of amides is 1. The highest BCUT2D eigenvalue weighted by molar-refractivity contribution is 7.90. The minimum absolute atomic E-state index is 0.0516. The maximum absolute atomic E-state index is 12.8. The lowest BCUT2D eigenvalue weighted by Gasteiger charge is -2.08. The molecule has 2 aromatic carbocycles. The topological polar surface area (TPSA) is 102 Å². The number of nitrogens with zero attached hydrogens (tertiary/aromatic N) is 3. The Labute approximate surface area is 188 Å². The third-order valence-electron chi connectivity index (χ3n) is 4.59. The maximum Gasteiger partial charge on any atom is 0.277 e. The average Bonchev–Trinajstić information content (AvgIpc) is 3.11. The summed E-state index contributed by atoms with van der Waals surface area (Å²) in [4.78, 5) is 24.9. The van der Waals surface area contributed by atoms with E-state index in [1.54, 1.807) is 12.1 Å². The quantitative estimate of drug-likeness (QED) is 0.426. The van der Waals surface area contributed by atoms with Gasteiger partial charge in [-0.05, 0) is 42.7 Å². The molecule has 0 bridgehead atoms. The molecular formula is C21H17ClN4O3S2. The van der Waals surface area contributed by atoms with Crippen molar-refractivity contribution in [2.45, 2.75) is 24.8 Å². The van der Waals surface area contributed by atoms with E-state index < -0.39 is 20.9 Å². The normalized spacial score (nSPS) is 11.6. The van der Waals surface area contributed by atoms with Crippen LogP contribution in [0.2, 0.25) is 5.02 Å². The van der Waals surface area contributed by atoms with E-state index in [0.29, 0.717) is 10.7 Å². The summed E-state index contributed by atoms with van der Waals surface area (Å²) >= 11 is 7.40. The molecule has 4 rings (SSSR count). The standard InChI is InChI=1S/C21H17ClN4O3S2/c1-12-7-8-16-17(9-12)30-20(24-16)26-19(27)18-15(22)10-23-21(25-18)31(28,29)11-14-6-4-3-5-13(14)2/h3-10H,11H2,1-2H3,(H,24,26,27). The molecule has 0 radical (unpaired) electrons. The highest BCUT2D eigenvalue weighted by atomic mass is 35.5. The van der Waals surface area contributed by atoms with Crippen LogP contribution in [0.15, 0.2) is 53.8 Å². The number of thiazole rings is 1. The summed E-state index contributed by atoms with van der Waals surface area (Å²) < 4.78 is 26.6. The molecule has 0 aliphatic carbocycles. The zero-order valence-corrected chi connectivity index (χ0v) is 19.0. The number of carbonyl (C=O) groups is 1. The third-order valence-corrected chi connectivity index (χ3v) is 7.24. The van der Waals surface area contributed by atoms with Gasteiger partial charge in [-0.3, -0.25) is 10.1 Å². The highest BCUT2D eigenvalue weighted by Gasteiger charge is 2.24. The van der Waals surface area contributed by atoms with Crippen LogP contribution in [0.1, 0.15) is 27.2 Å². The van der Waals surface area contributed by atoms with E-state index in [1.165, 1.54) is 11.3 Å². The third kappa shape index (κ3) is 4.58. The smallest absolute Gasteiger partial charge is 0.277 e. The van der Waals surface area contributed by atoms with Crippen molar-refractivity contribution in [2.24, 2.45) is 0 Å². The van der Waals surface area contributed by atoms with Gasteiger partial charge in [0.05, 0.1) is 27.2 Å². The molecular weight excluding hydrogens is 456 g/mol. The second kappa shape index (κ2) is 8.33. The van der Waals surface area contributed by atoms with Crippen LogP contribution in [0, 0.1) is 13.8 Å². The fraction of sp³-hybridized carbons (Fsp3) is 0.143. The van der Waals surface area contributed by atoms with E-state index in [4.69, 9.17) is 11.6 Å². The molecule has 0 fully saturated rings. The Morgan fingerprint density at radius 3 is 2.68 bits per heavy atom. The zero-order chi connectivity index (χ0) is 22.2. The summed E-state index contributed by atoms with van der Waals surface area (Å²) in [7, 11) is -3.88. The van der Waals surface area contributed by atoms with Crippen molar-refractivity contribution in [1.82, 2.24) is 15.0 Å². The predicted octanol–water partition coefficient (Wildman–Crippen LogP) is 4.58. The molecule has 4 aromatic rings. The number of anilines is 1. The van der Waals surface area contributed by atoms with Crippen molar-refractivity contribution in [3.63, 3.8) is 0 Å². The molecule has 158 valence electrons. The SMILES string of the molecule is Cc1ccc2nc(NC(=O)c3nc(S(=O)(=O)Cc4ccccc4C)ncc3Cl)sc2c1. The monoisotopic (exact) mass is 472 g/mol. The number of carbonyl (C=O) groups excluding carboxylic acids is 1. The summed E-state index contributed by atoms with van der Waals surface area (Å²) in [6.45, 7) is 3.79. The van der Waals surface area contributed by atoms with Crippen LogP contribution in [-0.2, 0) is 15.6 Å². The van der Waals surface area contributed by atoms with E-state index >= 15 is 0 Å². The molecule has 1 amide bonds. The van der Waals surface area contributed by atoms with E-state index in [2.05, 4.69) is 20.3 Å². The first-order chi connectivity index (χ1) is 14.7. The van der Waals surface area contributed by atoms with Gasteiger partial charge in [0.15, 0.2) is 10.8 Å². The Bertz CT molecular complexity index is 1420. The van der Waals surface area contributed by atoms with E-state index in [-0.39, 0.29) is 16.5 Å². The molecule has 1 N–H and O–H groups in total. The van der Waals surface area contributed by atoms with Gasteiger partial charge in [0.1, 0.15) is 0 Å². The lowest BCUT2D eigenvalue weighted by molar-refractivity contribution is 0.102. The number of halogens is 1. The number of fused-ring (bicyclic) bond motifs is 1. The van der Waals surface area contributed by atoms with Gasteiger partial charge in [0, 0.05) is 0 Å². The van der Waals surface area contributed by atoms with Crippen LogP contribution in [0.3, 0.4) is 0 Å². The number of aryl methyl sites for hydroxylation is 2. The van der Waals surface area contributed by atoms with Gasteiger partial charge in [-0.15, -0.1) is 0 Å². The molecule has 0 saturated carbocycles. The lowest BCUT2D eigenvalue weighted by atomic mass is 10.1. The Morgan fingerprint density at radius 1 is 1.13 bits per heavy atom. The Hall–Kier alpha value is -2.88. The van der Waals surface area contributed by atoms with Gasteiger partial charge >= 0.3 is 0 Å². The van der Waals surface area contributed by atoms with E-state index in [9.17, 15) is 13.2 Å². The zero-order valence-electron chi connectivity index (χ0n) is 16.6. The van der Waals surface area contributed by atoms with Crippen molar-refractivity contribution in [2.75, 3.05) is 5.32 Å². The summed E-state index contributed by atoms with van der Waals surface area (Å²) in [5.41, 5.74) is 3.08. The molecule has 0 aliphatic heterocycles. The fourth-order valence-electron chi connectivity index (χ4n) is 2.94. The van der Waals surface area contributed by atoms with Crippen LogP contribution < -0.4 is 5.32 Å². The summed E-state index contributed by atoms with van der Waals surface area (Å²) in [5, 5.41) is 2.50. The maximum atomic E-state index is 12.8. The number of sulfone groups is 1. The number of rotatable bonds is 5. The first-order valence-corrected chi connectivity index (χ1v) is 12.1. The molecule has 0 unspecified atom stereocenters. The van der Waals surface area contributed by atoms with Gasteiger partial charge in [-0.2, -0.15) is 0 Å². The van der Waals surface area contributed by atoms with Crippen LogP contribution in [-0.4, -0.2) is 29.3 Å². The number of hydrogen-bond acceptors (Lipinski definition) is 7. The molecule has 0 saturated heterocycles. The minimum Gasteiger partial charge on any atom is -0.296 e. The van der Waals surface area contributed by atoms with E-state index in [0.717, 1.165) is 27.5 Å². The van der Waals surface area contributed by atoms with Crippen molar-refractivity contribution in [3.05, 3.63) is 76.1 Å². The molecule has 7 nitrogen and oxygen atoms in total. The first-order valence-electron chi connectivity index (χ1n) is 9.21. The molecule has 0 aliphatic rings. The molecule has 31 heavy (non-hydrogen) atoms. The number of aromatic nitrogens is 3. The first kappa shape index (κ1) is 21.4. The fourth-order valence-corrected chi connectivity index (χ4v) is 5.39. The molecule has 2 aromatic heterocycles. The van der Waals surface area contributed by atoms with Gasteiger partial charge in [-0.25, -0.2) is 23.4 Å². The van der Waals surface area contributed by atoms with E-state index in [1.807, 2.05) is 44.2 Å². The minimum atomic E-state index is -3.88. The van der Waals surface area contributed by atoms with Crippen LogP contribution in [0.25, 0.3) is 10.2 Å². The van der Waals surface area contributed by atoms with Crippen molar-refractivity contribution in [1.29, 1.82) is 0 Å². The molecule has 10 heteroatoms. The number of nitrogens with one attached hydrogen (secondary N) is 1. The number of benzene rings is 2. The second-order valence-electron chi connectivity index (χ2n) is 6.98. The van der Waals surface area contributed by atoms with Crippen molar-refractivity contribution in [3.8, 4) is 0 Å². The Balaban J connectivity index is 1.62. The summed E-state index contributed by atoms with van der Waals surface area (Å²) in [5.74, 6) is -0.935. The van der Waals surface area contributed by atoms with Gasteiger partial charge in [0.25, 0.3) is 5.91 Å². The highest BCUT2D eigenvalue weighted by Crippen LogP contribution is 2.27. The van der Waals surface area contributed by atoms with Crippen molar-refractivity contribution >= 4 is 54.0 Å². The van der Waals surface area contributed by atoms with Crippen LogP contribution in [0.5, 0.6) is 0 Å². The van der Waals surface area contributed by atoms with Crippen molar-refractivity contribution < 1.29 is 13.2 Å². The van der Waals surface area contributed by atoms with Gasteiger partial charge < -0.3 is 0 Å². The number of hydrogen-bond donors (Lipinski definition) is 1. The summed E-state index contributed by atoms with van der Waals surface area (Å²) in [6.07, 6.45) is 1.12. The van der Waals surface area contributed by atoms with Crippen LogP contribution in [0.4, 0.5) is 5.13 Å². The van der Waals surface area contributed by atoms with Crippen LogP contribution >= 0.6 is 22.9 Å². The lowest BCUT2D eigenvalue weighted by Crippen LogP contribution is -2.18. The van der Waals surface area contributed by atoms with Gasteiger partial charge in [-0.1, -0.05) is 53.3 Å². The Kier molecular flexibility index (Phi) is 5.74. The largest absolute Gasteiger partial charge is 0.296 e. The molecule has 0 atom stereocenters. The van der Waals surface area contributed by atoms with Gasteiger partial charge in [0.2, 0.25) is 15.0 Å². The molecule has 2 heterocycles. The Morgan fingerprint density at radius 2 is 1.90 bits per heavy atom. The second-order valence-corrected chi connectivity index (χ2v) is 10.3. The molecule has 0 spiro atoms. The average molecular weight is 473 g/mol. The predicted molar refractivity (Wildman–Crippen MR) is 121 cm³/mol. The summed E-state index contributed by atoms with van der Waals surface area (Å²) in [6, 6.07) is 12.9.